The zero-order chi connectivity index (χ0) is 14.3. The molecule has 0 unspecified atom stereocenters. The van der Waals surface area contributed by atoms with Crippen LogP contribution < -0.4 is 16.4 Å². The number of nitro benzene ring substituents is 1. The van der Waals surface area contributed by atoms with Crippen LogP contribution in [0.3, 0.4) is 0 Å². The Hall–Kier alpha value is -2.31. The topological polar surface area (TPSA) is 110 Å². The van der Waals surface area contributed by atoms with Crippen molar-refractivity contribution in [1.29, 1.82) is 0 Å². The second-order valence-electron chi connectivity index (χ2n) is 4.10. The summed E-state index contributed by atoms with van der Waals surface area (Å²) in [6, 6.07) is 4.68. The lowest BCUT2D eigenvalue weighted by molar-refractivity contribution is -0.384. The molecule has 0 bridgehead atoms. The van der Waals surface area contributed by atoms with Crippen molar-refractivity contribution in [1.82, 2.24) is 0 Å². The quantitative estimate of drug-likeness (QED) is 0.490. The van der Waals surface area contributed by atoms with Crippen LogP contribution in [0.5, 0.6) is 0 Å². The van der Waals surface area contributed by atoms with E-state index in [9.17, 15) is 14.9 Å². The monoisotopic (exact) mass is 266 g/mol. The molecule has 0 saturated heterocycles. The fourth-order valence-electron chi connectivity index (χ4n) is 1.52. The number of nitrogens with zero attached hydrogens (tertiary/aromatic N) is 1. The van der Waals surface area contributed by atoms with Crippen LogP contribution in [0.4, 0.5) is 17.1 Å². The Labute approximate surface area is 111 Å². The average molecular weight is 266 g/mol. The van der Waals surface area contributed by atoms with Gasteiger partial charge in [0.05, 0.1) is 4.92 Å². The van der Waals surface area contributed by atoms with Crippen LogP contribution >= 0.6 is 0 Å². The fourth-order valence-corrected chi connectivity index (χ4v) is 1.52. The van der Waals surface area contributed by atoms with Gasteiger partial charge in [-0.25, -0.2) is 0 Å². The highest BCUT2D eigenvalue weighted by Crippen LogP contribution is 2.24. The summed E-state index contributed by atoms with van der Waals surface area (Å²) in [6.07, 6.45) is 1.10. The fraction of sp³-hybridized carbons (Fsp3) is 0.417. The highest BCUT2D eigenvalue weighted by molar-refractivity contribution is 5.74. The first-order valence-corrected chi connectivity index (χ1v) is 6.08. The number of amides is 1. The van der Waals surface area contributed by atoms with Crippen molar-refractivity contribution in [2.45, 2.75) is 19.8 Å². The van der Waals surface area contributed by atoms with E-state index in [2.05, 4.69) is 10.6 Å². The molecule has 0 spiro atoms. The summed E-state index contributed by atoms with van der Waals surface area (Å²) in [6.45, 7) is 3.10. The Morgan fingerprint density at radius 2 is 1.84 bits per heavy atom. The first kappa shape index (κ1) is 14.7. The number of benzene rings is 1. The minimum Gasteiger partial charge on any atom is -0.385 e. The van der Waals surface area contributed by atoms with Crippen LogP contribution in [-0.2, 0) is 4.79 Å². The Morgan fingerprint density at radius 3 is 2.32 bits per heavy atom. The molecule has 104 valence electrons. The van der Waals surface area contributed by atoms with Crippen LogP contribution in [-0.4, -0.2) is 23.9 Å². The minimum atomic E-state index is -0.448. The van der Waals surface area contributed by atoms with Crippen LogP contribution in [0.25, 0.3) is 0 Å². The van der Waals surface area contributed by atoms with Crippen molar-refractivity contribution in [3.8, 4) is 0 Å². The van der Waals surface area contributed by atoms with E-state index in [-0.39, 0.29) is 12.1 Å². The molecule has 4 N–H and O–H groups in total. The van der Waals surface area contributed by atoms with Gasteiger partial charge in [0.25, 0.3) is 5.69 Å². The Morgan fingerprint density at radius 1 is 1.26 bits per heavy atom. The third-order valence-corrected chi connectivity index (χ3v) is 2.41. The summed E-state index contributed by atoms with van der Waals surface area (Å²) in [5.74, 6) is -0.415. The molecule has 0 radical (unpaired) electrons. The summed E-state index contributed by atoms with van der Waals surface area (Å²) in [5, 5.41) is 16.9. The smallest absolute Gasteiger partial charge is 0.273 e. The van der Waals surface area contributed by atoms with Gasteiger partial charge in [-0.05, 0) is 12.5 Å². The van der Waals surface area contributed by atoms with E-state index >= 15 is 0 Å². The molecule has 7 heteroatoms. The number of nitrogens with one attached hydrogen (secondary N) is 2. The Balaban J connectivity index is 2.80. The van der Waals surface area contributed by atoms with E-state index in [0.29, 0.717) is 17.9 Å². The third kappa shape index (κ3) is 5.24. The van der Waals surface area contributed by atoms with E-state index in [1.807, 2.05) is 6.92 Å². The number of nitro groups is 1. The zero-order valence-corrected chi connectivity index (χ0v) is 10.8. The lowest BCUT2D eigenvalue weighted by atomic mass is 10.2. The second kappa shape index (κ2) is 7.20. The number of hydrogen-bond acceptors (Lipinski definition) is 5. The molecule has 19 heavy (non-hydrogen) atoms. The van der Waals surface area contributed by atoms with Crippen LogP contribution in [0.15, 0.2) is 18.2 Å². The number of nitrogens with two attached hydrogens (primary N) is 1. The van der Waals surface area contributed by atoms with Crippen molar-refractivity contribution in [3.05, 3.63) is 28.3 Å². The summed E-state index contributed by atoms with van der Waals surface area (Å²) in [7, 11) is 0. The number of hydrogen-bond donors (Lipinski definition) is 3. The first-order chi connectivity index (χ1) is 9.02. The number of carbonyl (C=O) groups is 1. The molecule has 0 atom stereocenters. The highest BCUT2D eigenvalue weighted by atomic mass is 16.6. The standard InChI is InChI=1S/C12H18N4O3/c1-2-4-14-9-6-10(15-5-3-12(13)17)8-11(7-9)16(18)19/h6-8,14-15H,2-5H2,1H3,(H2,13,17). The van der Waals surface area contributed by atoms with E-state index < -0.39 is 10.8 Å². The van der Waals surface area contributed by atoms with Crippen LogP contribution in [0, 0.1) is 10.1 Å². The molecular formula is C12H18N4O3. The van der Waals surface area contributed by atoms with Crippen molar-refractivity contribution in [2.24, 2.45) is 5.73 Å². The first-order valence-electron chi connectivity index (χ1n) is 6.08. The van der Waals surface area contributed by atoms with Gasteiger partial charge in [0.1, 0.15) is 0 Å². The van der Waals surface area contributed by atoms with Crippen molar-refractivity contribution < 1.29 is 9.72 Å². The second-order valence-corrected chi connectivity index (χ2v) is 4.10. The van der Waals surface area contributed by atoms with Gasteiger partial charge in [0.15, 0.2) is 0 Å². The maximum atomic E-state index is 10.8. The lowest BCUT2D eigenvalue weighted by Crippen LogP contribution is -2.16. The SMILES string of the molecule is CCCNc1cc(NCCC(N)=O)cc([N+](=O)[O-])c1. The van der Waals surface area contributed by atoms with Crippen LogP contribution in [0.1, 0.15) is 19.8 Å². The zero-order valence-electron chi connectivity index (χ0n) is 10.8. The number of anilines is 2. The summed E-state index contributed by atoms with van der Waals surface area (Å²) < 4.78 is 0. The maximum Gasteiger partial charge on any atom is 0.273 e. The largest absolute Gasteiger partial charge is 0.385 e. The molecule has 0 heterocycles. The molecule has 1 amide bonds. The predicted molar refractivity (Wildman–Crippen MR) is 74.2 cm³/mol. The molecule has 0 aliphatic carbocycles. The van der Waals surface area contributed by atoms with Gasteiger partial charge in [0.2, 0.25) is 5.91 Å². The molecule has 1 aromatic carbocycles. The molecule has 0 aliphatic rings. The number of carbonyl (C=O) groups excluding carboxylic acids is 1. The molecule has 0 saturated carbocycles. The van der Waals surface area contributed by atoms with Crippen molar-refractivity contribution in [2.75, 3.05) is 23.7 Å². The highest BCUT2D eigenvalue weighted by Gasteiger charge is 2.09. The summed E-state index contributed by atoms with van der Waals surface area (Å²) >= 11 is 0. The van der Waals surface area contributed by atoms with E-state index in [0.717, 1.165) is 13.0 Å². The Kier molecular flexibility index (Phi) is 5.59. The van der Waals surface area contributed by atoms with Crippen LogP contribution in [0.2, 0.25) is 0 Å². The molecule has 0 fully saturated rings. The number of primary amides is 1. The minimum absolute atomic E-state index is 0.00248. The molecule has 1 aromatic rings. The van der Waals surface area contributed by atoms with E-state index in [1.54, 1.807) is 6.07 Å². The van der Waals surface area contributed by atoms with Gasteiger partial charge in [-0.15, -0.1) is 0 Å². The van der Waals surface area contributed by atoms with Gasteiger partial charge >= 0.3 is 0 Å². The molecule has 0 aliphatic heterocycles. The summed E-state index contributed by atoms with van der Waals surface area (Å²) in [4.78, 5) is 21.0. The summed E-state index contributed by atoms with van der Waals surface area (Å²) in [5.41, 5.74) is 6.30. The third-order valence-electron chi connectivity index (χ3n) is 2.41. The van der Waals surface area contributed by atoms with E-state index in [1.165, 1.54) is 12.1 Å². The molecule has 7 nitrogen and oxygen atoms in total. The normalized spacial score (nSPS) is 9.95. The van der Waals surface area contributed by atoms with Crippen molar-refractivity contribution >= 4 is 23.0 Å². The van der Waals surface area contributed by atoms with Gasteiger partial charge in [0, 0.05) is 43.0 Å². The molecular weight excluding hydrogens is 248 g/mol. The lowest BCUT2D eigenvalue weighted by Gasteiger charge is -2.09. The molecule has 0 aromatic heterocycles. The number of non-ortho nitro benzene ring substituents is 1. The molecule has 1 rings (SSSR count). The number of rotatable bonds is 8. The van der Waals surface area contributed by atoms with Gasteiger partial charge < -0.3 is 16.4 Å². The van der Waals surface area contributed by atoms with E-state index in [4.69, 9.17) is 5.73 Å². The van der Waals surface area contributed by atoms with Crippen molar-refractivity contribution in [3.63, 3.8) is 0 Å². The Bertz CT molecular complexity index is 462. The maximum absolute atomic E-state index is 10.8. The van der Waals surface area contributed by atoms with Gasteiger partial charge in [-0.3, -0.25) is 14.9 Å². The van der Waals surface area contributed by atoms with Gasteiger partial charge in [-0.2, -0.15) is 0 Å². The average Bonchev–Trinajstić information content (AvgIpc) is 2.35. The van der Waals surface area contributed by atoms with Gasteiger partial charge in [-0.1, -0.05) is 6.92 Å². The predicted octanol–water partition coefficient (Wildman–Crippen LogP) is 1.70.